The topological polar surface area (TPSA) is 49.9 Å². The van der Waals surface area contributed by atoms with Crippen LogP contribution in [0.2, 0.25) is 0 Å². The van der Waals surface area contributed by atoms with Crippen molar-refractivity contribution in [2.24, 2.45) is 0 Å². The lowest BCUT2D eigenvalue weighted by molar-refractivity contribution is 0.0498. The quantitative estimate of drug-likeness (QED) is 0.614. The number of benzene rings is 2. The maximum Gasteiger partial charge on any atom is 0.254 e. The molecule has 2 saturated heterocycles. The van der Waals surface area contributed by atoms with Crippen LogP contribution in [0.15, 0.2) is 54.6 Å². The molecular weight excluding hydrogens is 408 g/mol. The van der Waals surface area contributed by atoms with Crippen molar-refractivity contribution >= 4 is 23.6 Å². The number of nitrogens with zero attached hydrogens (tertiary/aromatic N) is 2. The zero-order valence-corrected chi connectivity index (χ0v) is 18.9. The molecule has 2 aromatic carbocycles. The Labute approximate surface area is 188 Å². The lowest BCUT2D eigenvalue weighted by Crippen LogP contribution is -2.53. The number of carbonyl (C=O) groups is 2. The summed E-state index contributed by atoms with van der Waals surface area (Å²) >= 11 is 1.87. The number of piperidine rings is 1. The van der Waals surface area contributed by atoms with E-state index in [4.69, 9.17) is 4.74 Å². The van der Waals surface area contributed by atoms with Crippen molar-refractivity contribution in [1.82, 2.24) is 9.80 Å². The van der Waals surface area contributed by atoms with E-state index in [1.165, 1.54) is 0 Å². The summed E-state index contributed by atoms with van der Waals surface area (Å²) in [5.41, 5.74) is 1.43. The molecule has 0 saturated carbocycles. The number of hydrogen-bond donors (Lipinski definition) is 0. The molecule has 2 aliphatic heterocycles. The lowest BCUT2D eigenvalue weighted by Gasteiger charge is -2.44. The normalized spacial score (nSPS) is 17.7. The second-order valence-corrected chi connectivity index (χ2v) is 9.59. The predicted molar refractivity (Wildman–Crippen MR) is 125 cm³/mol. The summed E-state index contributed by atoms with van der Waals surface area (Å²) in [6.07, 6.45) is 3.73. The molecule has 2 heterocycles. The van der Waals surface area contributed by atoms with Crippen molar-refractivity contribution in [1.29, 1.82) is 0 Å². The second kappa shape index (κ2) is 9.77. The molecule has 0 bridgehead atoms. The third-order valence-corrected chi connectivity index (χ3v) is 7.70. The van der Waals surface area contributed by atoms with E-state index in [0.717, 1.165) is 49.3 Å². The summed E-state index contributed by atoms with van der Waals surface area (Å²) in [5, 5.41) is 0. The third-order valence-electron chi connectivity index (χ3n) is 6.14. The first-order valence-corrected chi connectivity index (χ1v) is 12.1. The molecule has 0 aromatic heterocycles. The number of thioether (sulfide) groups is 1. The summed E-state index contributed by atoms with van der Waals surface area (Å²) in [4.78, 5) is 29.9. The van der Waals surface area contributed by atoms with Gasteiger partial charge in [-0.25, -0.2) is 0 Å². The molecule has 31 heavy (non-hydrogen) atoms. The van der Waals surface area contributed by atoms with Crippen LogP contribution >= 0.6 is 11.8 Å². The van der Waals surface area contributed by atoms with Gasteiger partial charge in [0.05, 0.1) is 11.5 Å². The van der Waals surface area contributed by atoms with Gasteiger partial charge in [-0.1, -0.05) is 31.5 Å². The van der Waals surface area contributed by atoms with Gasteiger partial charge in [-0.2, -0.15) is 0 Å². The molecule has 5 nitrogen and oxygen atoms in total. The molecule has 0 radical (unpaired) electrons. The fraction of sp³-hybridized carbons (Fsp3) is 0.440. The number of carbonyl (C=O) groups excluding carboxylic acids is 2. The maximum absolute atomic E-state index is 13.1. The Balaban J connectivity index is 1.37. The summed E-state index contributed by atoms with van der Waals surface area (Å²) in [6.45, 7) is 4.94. The standard InChI is InChI=1S/C25H30N2O3S/c1-2-3-18-30-22-11-9-21(10-12-22)23(28)26-15-13-25(14-16-26)27(17-19-31-25)24(29)20-7-5-4-6-8-20/h4-12H,2-3,13-19H2,1H3. The maximum atomic E-state index is 13.1. The number of unbranched alkanes of at least 4 members (excludes halogenated alkanes) is 1. The first kappa shape index (κ1) is 21.8. The van der Waals surface area contributed by atoms with Gasteiger partial charge in [0.2, 0.25) is 0 Å². The van der Waals surface area contributed by atoms with E-state index in [1.807, 2.05) is 76.2 Å². The molecule has 164 valence electrons. The monoisotopic (exact) mass is 438 g/mol. The van der Waals surface area contributed by atoms with Crippen LogP contribution in [0.25, 0.3) is 0 Å². The SMILES string of the molecule is CCCCOc1ccc(C(=O)N2CCC3(CC2)SCCN3C(=O)c2ccccc2)cc1. The highest BCUT2D eigenvalue weighted by atomic mass is 32.2. The largest absolute Gasteiger partial charge is 0.494 e. The van der Waals surface area contributed by atoms with E-state index in [0.29, 0.717) is 25.3 Å². The second-order valence-electron chi connectivity index (χ2n) is 8.14. The smallest absolute Gasteiger partial charge is 0.254 e. The van der Waals surface area contributed by atoms with Crippen molar-refractivity contribution in [3.8, 4) is 5.75 Å². The van der Waals surface area contributed by atoms with E-state index >= 15 is 0 Å². The van der Waals surface area contributed by atoms with Crippen LogP contribution < -0.4 is 4.74 Å². The van der Waals surface area contributed by atoms with Gasteiger partial charge in [0.25, 0.3) is 11.8 Å². The molecule has 2 aliphatic rings. The summed E-state index contributed by atoms with van der Waals surface area (Å²) < 4.78 is 5.70. The van der Waals surface area contributed by atoms with Gasteiger partial charge in [-0.15, -0.1) is 11.8 Å². The number of rotatable bonds is 6. The van der Waals surface area contributed by atoms with E-state index < -0.39 is 0 Å². The van der Waals surface area contributed by atoms with Gasteiger partial charge in [0.1, 0.15) is 5.75 Å². The van der Waals surface area contributed by atoms with Gasteiger partial charge in [-0.05, 0) is 55.7 Å². The Morgan fingerprint density at radius 2 is 1.61 bits per heavy atom. The molecule has 1 spiro atoms. The minimum atomic E-state index is -0.194. The minimum Gasteiger partial charge on any atom is -0.494 e. The number of amides is 2. The van der Waals surface area contributed by atoms with Gasteiger partial charge in [0.15, 0.2) is 0 Å². The Bertz CT molecular complexity index is 893. The summed E-state index contributed by atoms with van der Waals surface area (Å²) in [5.74, 6) is 1.91. The van der Waals surface area contributed by atoms with Crippen LogP contribution in [0.4, 0.5) is 0 Å². The molecule has 0 atom stereocenters. The highest BCUT2D eigenvalue weighted by Gasteiger charge is 2.47. The average molecular weight is 439 g/mol. The van der Waals surface area contributed by atoms with E-state index in [9.17, 15) is 9.59 Å². The average Bonchev–Trinajstić information content (AvgIpc) is 3.22. The van der Waals surface area contributed by atoms with Gasteiger partial charge in [0, 0.05) is 36.5 Å². The fourth-order valence-electron chi connectivity index (χ4n) is 4.32. The molecule has 0 unspecified atom stereocenters. The highest BCUT2D eigenvalue weighted by molar-refractivity contribution is 8.00. The van der Waals surface area contributed by atoms with Gasteiger partial charge < -0.3 is 14.5 Å². The molecule has 0 N–H and O–H groups in total. The highest BCUT2D eigenvalue weighted by Crippen LogP contribution is 2.44. The third kappa shape index (κ3) is 4.74. The molecular formula is C25H30N2O3S. The van der Waals surface area contributed by atoms with Crippen molar-refractivity contribution in [2.45, 2.75) is 37.5 Å². The number of likely N-dealkylation sites (tertiary alicyclic amines) is 1. The zero-order chi connectivity index (χ0) is 21.7. The van der Waals surface area contributed by atoms with Gasteiger partial charge in [-0.3, -0.25) is 9.59 Å². The Hall–Kier alpha value is -2.47. The van der Waals surface area contributed by atoms with E-state index in [-0.39, 0.29) is 16.7 Å². The Morgan fingerprint density at radius 1 is 0.935 bits per heavy atom. The number of ether oxygens (including phenoxy) is 1. The van der Waals surface area contributed by atoms with Crippen molar-refractivity contribution < 1.29 is 14.3 Å². The molecule has 0 aliphatic carbocycles. The fourth-order valence-corrected chi connectivity index (χ4v) is 5.77. The molecule has 2 fully saturated rings. The van der Waals surface area contributed by atoms with Crippen LogP contribution in [0.3, 0.4) is 0 Å². The van der Waals surface area contributed by atoms with Crippen LogP contribution in [-0.2, 0) is 0 Å². The lowest BCUT2D eigenvalue weighted by atomic mass is 10.00. The number of hydrogen-bond acceptors (Lipinski definition) is 4. The van der Waals surface area contributed by atoms with Gasteiger partial charge >= 0.3 is 0 Å². The van der Waals surface area contributed by atoms with Crippen LogP contribution in [0, 0.1) is 0 Å². The van der Waals surface area contributed by atoms with Crippen molar-refractivity contribution in [2.75, 3.05) is 32.0 Å². The van der Waals surface area contributed by atoms with E-state index in [1.54, 1.807) is 0 Å². The Morgan fingerprint density at radius 3 is 2.29 bits per heavy atom. The Kier molecular flexibility index (Phi) is 6.86. The van der Waals surface area contributed by atoms with Crippen LogP contribution in [0.5, 0.6) is 5.75 Å². The first-order chi connectivity index (χ1) is 15.1. The first-order valence-electron chi connectivity index (χ1n) is 11.2. The van der Waals surface area contributed by atoms with Crippen molar-refractivity contribution in [3.63, 3.8) is 0 Å². The summed E-state index contributed by atoms with van der Waals surface area (Å²) in [6, 6.07) is 17.0. The zero-order valence-electron chi connectivity index (χ0n) is 18.1. The van der Waals surface area contributed by atoms with Crippen LogP contribution in [0.1, 0.15) is 53.3 Å². The predicted octanol–water partition coefficient (Wildman–Crippen LogP) is 4.69. The summed E-state index contributed by atoms with van der Waals surface area (Å²) in [7, 11) is 0. The molecule has 6 heteroatoms. The van der Waals surface area contributed by atoms with Crippen LogP contribution in [-0.4, -0.2) is 58.5 Å². The molecule has 2 aromatic rings. The molecule has 4 rings (SSSR count). The van der Waals surface area contributed by atoms with E-state index in [2.05, 4.69) is 6.92 Å². The molecule has 2 amide bonds. The minimum absolute atomic E-state index is 0.0545. The van der Waals surface area contributed by atoms with Crippen molar-refractivity contribution in [3.05, 3.63) is 65.7 Å².